The lowest BCUT2D eigenvalue weighted by molar-refractivity contribution is -0.254. The minimum absolute atomic E-state index is 0.0593. The fourth-order valence-corrected chi connectivity index (χ4v) is 4.48. The molecule has 0 radical (unpaired) electrons. The fraction of sp³-hybridized carbons (Fsp3) is 0.312. The van der Waals surface area contributed by atoms with Gasteiger partial charge in [0.15, 0.2) is 0 Å². The summed E-state index contributed by atoms with van der Waals surface area (Å²) in [4.78, 5) is 10.8. The second kappa shape index (κ2) is 5.59. The van der Waals surface area contributed by atoms with Crippen molar-refractivity contribution < 1.29 is 36.2 Å². The number of alkyl halides is 6. The molecule has 3 rings (SSSR count). The predicted molar refractivity (Wildman–Crippen MR) is 86.7 cm³/mol. The lowest BCUT2D eigenvalue weighted by Crippen LogP contribution is -2.48. The maximum atomic E-state index is 14.5. The Bertz CT molecular complexity index is 938. The first kappa shape index (κ1) is 19.0. The van der Waals surface area contributed by atoms with Crippen molar-refractivity contribution in [3.63, 3.8) is 0 Å². The van der Waals surface area contributed by atoms with Gasteiger partial charge >= 0.3 is 23.7 Å². The van der Waals surface area contributed by atoms with Crippen LogP contribution < -0.4 is 0 Å². The van der Waals surface area contributed by atoms with Crippen LogP contribution >= 0.6 is 22.7 Å². The monoisotopic (exact) mass is 412 g/mol. The van der Waals surface area contributed by atoms with Gasteiger partial charge in [-0.2, -0.15) is 26.3 Å². The third-order valence-electron chi connectivity index (χ3n) is 4.19. The van der Waals surface area contributed by atoms with Crippen LogP contribution in [0.4, 0.5) is 26.3 Å². The Morgan fingerprint density at radius 2 is 1.50 bits per heavy atom. The van der Waals surface area contributed by atoms with E-state index >= 15 is 0 Å². The summed E-state index contributed by atoms with van der Waals surface area (Å²) in [5.41, 5.74) is -3.97. The largest absolute Gasteiger partial charge is 0.477 e. The zero-order chi connectivity index (χ0) is 19.7. The molecular weight excluding hydrogens is 402 g/mol. The zero-order valence-electron chi connectivity index (χ0n) is 13.2. The van der Waals surface area contributed by atoms with E-state index in [0.717, 1.165) is 23.5 Å². The highest BCUT2D eigenvalue weighted by Crippen LogP contribution is 2.65. The molecule has 10 heteroatoms. The number of aromatic carboxylic acids is 1. The molecule has 0 saturated heterocycles. The minimum Gasteiger partial charge on any atom is -0.477 e. The van der Waals surface area contributed by atoms with E-state index in [2.05, 4.69) is 0 Å². The molecule has 1 aliphatic carbocycles. The number of carboxylic acids is 1. The van der Waals surface area contributed by atoms with Gasteiger partial charge in [0.1, 0.15) is 4.88 Å². The molecule has 0 unspecified atom stereocenters. The number of aryl methyl sites for hydroxylation is 2. The molecule has 0 atom stereocenters. The molecule has 1 N–H and O–H groups in total. The van der Waals surface area contributed by atoms with E-state index in [0.29, 0.717) is 11.3 Å². The lowest BCUT2D eigenvalue weighted by Gasteiger charge is -2.25. The van der Waals surface area contributed by atoms with Crippen molar-refractivity contribution in [3.8, 4) is 0 Å². The zero-order valence-corrected chi connectivity index (χ0v) is 14.8. The molecule has 140 valence electrons. The summed E-state index contributed by atoms with van der Waals surface area (Å²) in [6.07, 6.45) is 0. The molecule has 2 heterocycles. The molecule has 2 aromatic heterocycles. The van der Waals surface area contributed by atoms with Gasteiger partial charge in [0, 0.05) is 20.9 Å². The van der Waals surface area contributed by atoms with Gasteiger partial charge in [-0.05, 0) is 42.5 Å². The van der Waals surface area contributed by atoms with Crippen molar-refractivity contribution >= 4 is 39.8 Å². The maximum Gasteiger partial charge on any atom is 0.380 e. The molecule has 26 heavy (non-hydrogen) atoms. The Morgan fingerprint density at radius 3 is 1.92 bits per heavy atom. The lowest BCUT2D eigenvalue weighted by atomic mass is 9.95. The van der Waals surface area contributed by atoms with Gasteiger partial charge in [-0.1, -0.05) is 0 Å². The molecule has 2 aromatic rings. The number of thiophene rings is 2. The molecule has 0 aliphatic heterocycles. The highest BCUT2D eigenvalue weighted by Gasteiger charge is 2.80. The van der Waals surface area contributed by atoms with E-state index in [1.807, 2.05) is 0 Å². The predicted octanol–water partition coefficient (Wildman–Crippen LogP) is 5.95. The Morgan fingerprint density at radius 1 is 0.962 bits per heavy atom. The molecular formula is C16H10F6O2S2. The maximum absolute atomic E-state index is 14.5. The number of allylic oxidation sites excluding steroid dienone is 2. The molecule has 1 aliphatic rings. The topological polar surface area (TPSA) is 37.3 Å². The number of hydrogen-bond acceptors (Lipinski definition) is 3. The summed E-state index contributed by atoms with van der Waals surface area (Å²) < 4.78 is 86.0. The highest BCUT2D eigenvalue weighted by molar-refractivity contribution is 7.14. The van der Waals surface area contributed by atoms with Crippen LogP contribution in [0, 0.1) is 13.8 Å². The summed E-state index contributed by atoms with van der Waals surface area (Å²) in [7, 11) is 0. The van der Waals surface area contributed by atoms with E-state index < -0.39 is 50.9 Å². The van der Waals surface area contributed by atoms with Crippen molar-refractivity contribution in [2.24, 2.45) is 0 Å². The van der Waals surface area contributed by atoms with Gasteiger partial charge < -0.3 is 5.11 Å². The summed E-state index contributed by atoms with van der Waals surface area (Å²) in [6, 6.07) is 1.82. The second-order valence-electron chi connectivity index (χ2n) is 5.75. The molecule has 0 fully saturated rings. The first-order valence-corrected chi connectivity index (χ1v) is 8.81. The van der Waals surface area contributed by atoms with E-state index in [1.54, 1.807) is 0 Å². The van der Waals surface area contributed by atoms with Crippen LogP contribution in [0.1, 0.15) is 30.6 Å². The highest BCUT2D eigenvalue weighted by atomic mass is 32.1. The Labute approximate surface area is 151 Å². The van der Waals surface area contributed by atoms with Gasteiger partial charge in [0.2, 0.25) is 0 Å². The third-order valence-corrected chi connectivity index (χ3v) is 6.08. The molecule has 0 saturated carbocycles. The summed E-state index contributed by atoms with van der Waals surface area (Å²) in [5, 5.41) is 10.3. The van der Waals surface area contributed by atoms with Crippen LogP contribution in [0.3, 0.4) is 0 Å². The average molecular weight is 412 g/mol. The SMILES string of the molecule is Cc1sccc1C1=C(c2cc(C(=O)O)sc2C)C(F)(F)C(F)(F)C1(F)F. The molecule has 0 aromatic carbocycles. The van der Waals surface area contributed by atoms with E-state index in [9.17, 15) is 31.1 Å². The van der Waals surface area contributed by atoms with Crippen LogP contribution in [-0.2, 0) is 0 Å². The standard InChI is InChI=1S/C16H10F6O2S2/c1-6-8(3-4-25-6)11-12(9-5-10(13(23)24)26-7(9)2)15(19,20)16(21,22)14(11,17)18/h3-5H,1-2H3,(H,23,24). The molecule has 0 amide bonds. The van der Waals surface area contributed by atoms with Crippen LogP contribution in [0.25, 0.3) is 11.1 Å². The average Bonchev–Trinajstić information content (AvgIpc) is 3.11. The van der Waals surface area contributed by atoms with Crippen molar-refractivity contribution in [3.05, 3.63) is 43.3 Å². The minimum atomic E-state index is -5.64. The van der Waals surface area contributed by atoms with Crippen molar-refractivity contribution in [1.82, 2.24) is 0 Å². The van der Waals surface area contributed by atoms with E-state index in [-0.39, 0.29) is 9.75 Å². The summed E-state index contributed by atoms with van der Waals surface area (Å²) in [5.74, 6) is -17.4. The Kier molecular flexibility index (Phi) is 4.08. The second-order valence-corrected chi connectivity index (χ2v) is 8.13. The number of hydrogen-bond donors (Lipinski definition) is 1. The van der Waals surface area contributed by atoms with Gasteiger partial charge in [-0.25, -0.2) is 4.79 Å². The number of carboxylic acid groups (broad SMARTS) is 1. The number of halogens is 6. The summed E-state index contributed by atoms with van der Waals surface area (Å²) in [6.45, 7) is 2.58. The van der Waals surface area contributed by atoms with Crippen LogP contribution in [0.2, 0.25) is 0 Å². The number of carbonyl (C=O) groups is 1. The fourth-order valence-electron chi connectivity index (χ4n) is 2.91. The van der Waals surface area contributed by atoms with Crippen molar-refractivity contribution in [1.29, 1.82) is 0 Å². The molecule has 0 bridgehead atoms. The van der Waals surface area contributed by atoms with Crippen LogP contribution in [0.15, 0.2) is 17.5 Å². The molecule has 0 spiro atoms. The quantitative estimate of drug-likeness (QED) is 0.632. The number of rotatable bonds is 3. The smallest absolute Gasteiger partial charge is 0.380 e. The third kappa shape index (κ3) is 2.27. The van der Waals surface area contributed by atoms with Crippen molar-refractivity contribution in [2.75, 3.05) is 0 Å². The Hall–Kier alpha value is -1.81. The summed E-state index contributed by atoms with van der Waals surface area (Å²) >= 11 is 1.51. The molecule has 2 nitrogen and oxygen atoms in total. The Balaban J connectivity index is 2.43. The van der Waals surface area contributed by atoms with Gasteiger partial charge in [0.05, 0.1) is 0 Å². The van der Waals surface area contributed by atoms with Gasteiger partial charge in [-0.3, -0.25) is 0 Å². The van der Waals surface area contributed by atoms with Crippen LogP contribution in [0.5, 0.6) is 0 Å². The van der Waals surface area contributed by atoms with E-state index in [1.165, 1.54) is 19.2 Å². The normalized spacial score (nSPS) is 20.6. The van der Waals surface area contributed by atoms with Gasteiger partial charge in [0.25, 0.3) is 0 Å². The van der Waals surface area contributed by atoms with Crippen molar-refractivity contribution in [2.45, 2.75) is 31.6 Å². The van der Waals surface area contributed by atoms with E-state index in [4.69, 9.17) is 5.11 Å². The first-order valence-electron chi connectivity index (χ1n) is 7.11. The van der Waals surface area contributed by atoms with Gasteiger partial charge in [-0.15, -0.1) is 22.7 Å². The first-order chi connectivity index (χ1) is 11.8. The van der Waals surface area contributed by atoms with Crippen LogP contribution in [-0.4, -0.2) is 28.8 Å².